The fourth-order valence-electron chi connectivity index (χ4n) is 5.89. The van der Waals surface area contributed by atoms with E-state index in [-0.39, 0.29) is 17.5 Å². The predicted octanol–water partition coefficient (Wildman–Crippen LogP) is 4.28. The van der Waals surface area contributed by atoms with Crippen molar-refractivity contribution in [2.45, 2.75) is 57.2 Å². The lowest BCUT2D eigenvalue weighted by Crippen LogP contribution is -2.48. The Morgan fingerprint density at radius 2 is 2.05 bits per heavy atom. The number of fused-ring (bicyclic) bond motifs is 2. The number of amides is 1. The third kappa shape index (κ3) is 6.13. The van der Waals surface area contributed by atoms with E-state index in [9.17, 15) is 4.79 Å². The molecule has 0 aliphatic heterocycles. The lowest BCUT2D eigenvalue weighted by molar-refractivity contribution is -0.111. The SMILES string of the molecule is CN(C)C/C=C/C(=O)Nc1ccc(CN[C@@]2(C)CCC[C@@H](Nc3ncc4c(n3)-c3n[nH]c5cccc(c35)C4)C2)nc1. The molecule has 0 saturated heterocycles. The number of carbonyl (C=O) groups excluding carboxylic acids is 1. The Bertz CT molecular complexity index is 1580. The minimum Gasteiger partial charge on any atom is -0.351 e. The number of carbonyl (C=O) groups is 1. The van der Waals surface area contributed by atoms with E-state index in [2.05, 4.69) is 61.2 Å². The smallest absolute Gasteiger partial charge is 0.248 e. The van der Waals surface area contributed by atoms with E-state index in [1.54, 1.807) is 12.3 Å². The number of hydrogen-bond donors (Lipinski definition) is 4. The molecule has 212 valence electrons. The zero-order chi connectivity index (χ0) is 28.4. The third-order valence-electron chi connectivity index (χ3n) is 7.99. The fourth-order valence-corrected chi connectivity index (χ4v) is 5.89. The molecule has 2 aliphatic carbocycles. The average Bonchev–Trinajstić information content (AvgIpc) is 3.39. The van der Waals surface area contributed by atoms with Crippen LogP contribution in [0.4, 0.5) is 11.6 Å². The number of nitrogens with zero attached hydrogens (tertiary/aromatic N) is 5. The lowest BCUT2D eigenvalue weighted by atomic mass is 9.80. The lowest BCUT2D eigenvalue weighted by Gasteiger charge is -2.39. The summed E-state index contributed by atoms with van der Waals surface area (Å²) in [5.41, 5.74) is 6.83. The number of H-pyrrole nitrogens is 1. The minimum atomic E-state index is -0.154. The maximum Gasteiger partial charge on any atom is 0.248 e. The number of nitrogens with one attached hydrogen (secondary N) is 4. The van der Waals surface area contributed by atoms with Crippen LogP contribution in [0.3, 0.4) is 0 Å². The van der Waals surface area contributed by atoms with Crippen LogP contribution in [0.25, 0.3) is 22.3 Å². The van der Waals surface area contributed by atoms with Crippen LogP contribution in [-0.4, -0.2) is 68.2 Å². The van der Waals surface area contributed by atoms with Crippen LogP contribution in [-0.2, 0) is 17.8 Å². The number of hydrogen-bond acceptors (Lipinski definition) is 8. The summed E-state index contributed by atoms with van der Waals surface area (Å²) in [7, 11) is 3.92. The number of anilines is 2. The quantitative estimate of drug-likeness (QED) is 0.200. The van der Waals surface area contributed by atoms with Crippen LogP contribution < -0.4 is 16.0 Å². The maximum absolute atomic E-state index is 12.1. The summed E-state index contributed by atoms with van der Waals surface area (Å²) in [4.78, 5) is 28.2. The molecular formula is C31H37N9O. The van der Waals surface area contributed by atoms with Crippen LogP contribution in [0.15, 0.2) is 54.9 Å². The Labute approximate surface area is 240 Å². The predicted molar refractivity (Wildman–Crippen MR) is 162 cm³/mol. The van der Waals surface area contributed by atoms with Gasteiger partial charge in [0.1, 0.15) is 11.4 Å². The monoisotopic (exact) mass is 551 g/mol. The zero-order valence-electron chi connectivity index (χ0n) is 23.9. The van der Waals surface area contributed by atoms with E-state index in [1.165, 1.54) is 10.9 Å². The van der Waals surface area contributed by atoms with Gasteiger partial charge in [0.2, 0.25) is 11.9 Å². The molecule has 3 heterocycles. The van der Waals surface area contributed by atoms with E-state index in [0.29, 0.717) is 18.2 Å². The van der Waals surface area contributed by atoms with E-state index in [1.807, 2.05) is 43.4 Å². The summed E-state index contributed by atoms with van der Waals surface area (Å²) in [5.74, 6) is 0.502. The van der Waals surface area contributed by atoms with Gasteiger partial charge in [-0.25, -0.2) is 9.97 Å². The number of rotatable bonds is 9. The van der Waals surface area contributed by atoms with Gasteiger partial charge in [-0.15, -0.1) is 0 Å². The molecule has 1 saturated carbocycles. The molecule has 0 unspecified atom stereocenters. The van der Waals surface area contributed by atoms with Gasteiger partial charge >= 0.3 is 0 Å². The first kappa shape index (κ1) is 27.0. The highest BCUT2D eigenvalue weighted by atomic mass is 16.1. The largest absolute Gasteiger partial charge is 0.351 e. The average molecular weight is 552 g/mol. The normalized spacial score (nSPS) is 20.0. The van der Waals surface area contributed by atoms with Crippen molar-refractivity contribution < 1.29 is 4.79 Å². The Balaban J connectivity index is 1.05. The molecule has 0 bridgehead atoms. The minimum absolute atomic E-state index is 0.0385. The molecule has 6 rings (SSSR count). The molecule has 1 fully saturated rings. The van der Waals surface area contributed by atoms with Crippen molar-refractivity contribution >= 4 is 28.4 Å². The highest BCUT2D eigenvalue weighted by Crippen LogP contribution is 2.37. The zero-order valence-corrected chi connectivity index (χ0v) is 23.9. The number of pyridine rings is 1. The van der Waals surface area contributed by atoms with Gasteiger partial charge in [0.25, 0.3) is 0 Å². The van der Waals surface area contributed by atoms with E-state index < -0.39 is 0 Å². The van der Waals surface area contributed by atoms with Crippen molar-refractivity contribution in [3.05, 3.63) is 71.7 Å². The summed E-state index contributed by atoms with van der Waals surface area (Å²) in [6.07, 6.45) is 12.1. The fraction of sp³-hybridized carbons (Fsp3) is 0.387. The van der Waals surface area contributed by atoms with Gasteiger partial charge in [0.05, 0.1) is 23.1 Å². The summed E-state index contributed by atoms with van der Waals surface area (Å²) < 4.78 is 0. The van der Waals surface area contributed by atoms with E-state index in [4.69, 9.17) is 4.98 Å². The topological polar surface area (TPSA) is 124 Å². The second kappa shape index (κ2) is 11.4. The van der Waals surface area contributed by atoms with Crippen molar-refractivity contribution in [2.75, 3.05) is 31.3 Å². The summed E-state index contributed by atoms with van der Waals surface area (Å²) in [6, 6.07) is 10.4. The number of likely N-dealkylation sites (N-methyl/N-ethyl adjacent to an activating group) is 1. The first-order chi connectivity index (χ1) is 19.8. The van der Waals surface area contributed by atoms with Gasteiger partial charge in [0, 0.05) is 54.3 Å². The Kier molecular flexibility index (Phi) is 7.51. The van der Waals surface area contributed by atoms with Gasteiger partial charge < -0.3 is 20.9 Å². The third-order valence-corrected chi connectivity index (χ3v) is 7.99. The van der Waals surface area contributed by atoms with Crippen LogP contribution in [0.2, 0.25) is 0 Å². The van der Waals surface area contributed by atoms with Gasteiger partial charge in [-0.05, 0) is 70.5 Å². The van der Waals surface area contributed by atoms with Crippen LogP contribution in [0, 0.1) is 0 Å². The molecule has 1 amide bonds. The molecule has 4 N–H and O–H groups in total. The molecule has 10 heteroatoms. The van der Waals surface area contributed by atoms with E-state index in [0.717, 1.165) is 66.8 Å². The summed E-state index contributed by atoms with van der Waals surface area (Å²) in [6.45, 7) is 3.65. The standard InChI is InChI=1S/C31H37N9O/c1-31(34-19-23-11-12-24(18-32-23)35-26(41)10-6-14-40(2)3)13-5-8-22(16-31)36-30-33-17-21-15-20-7-4-9-25-27(20)29(39-38-25)28(21)37-30/h4,6-7,9-12,17-18,22,34H,5,8,13-16,19H2,1-3H3,(H,35,41)(H,38,39)(H,33,36,37)/b10-6+/t22-,31+/m1/s1. The number of benzene rings is 1. The molecule has 0 radical (unpaired) electrons. The van der Waals surface area contributed by atoms with Crippen molar-refractivity contribution in [3.8, 4) is 11.4 Å². The van der Waals surface area contributed by atoms with Crippen LogP contribution in [0.5, 0.6) is 0 Å². The second-order valence-electron chi connectivity index (χ2n) is 11.7. The number of aromatic amines is 1. The Morgan fingerprint density at radius 1 is 1.15 bits per heavy atom. The van der Waals surface area contributed by atoms with Gasteiger partial charge in [-0.1, -0.05) is 18.2 Å². The van der Waals surface area contributed by atoms with E-state index >= 15 is 0 Å². The van der Waals surface area contributed by atoms with Crippen LogP contribution >= 0.6 is 0 Å². The highest BCUT2D eigenvalue weighted by Gasteiger charge is 2.32. The molecule has 1 aromatic carbocycles. The Morgan fingerprint density at radius 3 is 2.88 bits per heavy atom. The molecular weight excluding hydrogens is 514 g/mol. The van der Waals surface area contributed by atoms with Gasteiger partial charge in [-0.3, -0.25) is 14.9 Å². The Hall–Kier alpha value is -4.15. The summed E-state index contributed by atoms with van der Waals surface area (Å²) >= 11 is 0. The molecule has 4 aromatic rings. The van der Waals surface area contributed by atoms with Crippen LogP contribution in [0.1, 0.15) is 49.4 Å². The van der Waals surface area contributed by atoms with Crippen molar-refractivity contribution in [1.82, 2.24) is 35.4 Å². The first-order valence-corrected chi connectivity index (χ1v) is 14.3. The molecule has 41 heavy (non-hydrogen) atoms. The summed E-state index contributed by atoms with van der Waals surface area (Å²) in [5, 5.41) is 19.1. The second-order valence-corrected chi connectivity index (χ2v) is 11.7. The highest BCUT2D eigenvalue weighted by molar-refractivity contribution is 5.99. The maximum atomic E-state index is 12.1. The van der Waals surface area contributed by atoms with Crippen molar-refractivity contribution in [1.29, 1.82) is 0 Å². The molecule has 3 aromatic heterocycles. The van der Waals surface area contributed by atoms with Crippen molar-refractivity contribution in [3.63, 3.8) is 0 Å². The molecule has 2 aliphatic rings. The first-order valence-electron chi connectivity index (χ1n) is 14.3. The molecule has 0 spiro atoms. The van der Waals surface area contributed by atoms with Gasteiger partial charge in [-0.2, -0.15) is 5.10 Å². The molecule has 10 nitrogen and oxygen atoms in total. The number of aromatic nitrogens is 5. The van der Waals surface area contributed by atoms with Crippen molar-refractivity contribution in [2.24, 2.45) is 0 Å². The van der Waals surface area contributed by atoms with Gasteiger partial charge in [0.15, 0.2) is 0 Å². The molecule has 2 atom stereocenters.